The van der Waals surface area contributed by atoms with Gasteiger partial charge in [-0.1, -0.05) is 0 Å². The molecule has 2 heterocycles. The van der Waals surface area contributed by atoms with Gasteiger partial charge in [0.05, 0.1) is 62.4 Å². The smallest absolute Gasteiger partial charge is 0.137 e. The van der Waals surface area contributed by atoms with Crippen LogP contribution >= 0.6 is 0 Å². The maximum atomic E-state index is 11.9. The number of hydrogen-bond donors (Lipinski definition) is 7. The number of carboxylic acid groups (broad SMARTS) is 1. The van der Waals surface area contributed by atoms with Crippen LogP contribution in [0.5, 0.6) is 0 Å². The third kappa shape index (κ3) is 11.8. The molecule has 15 atom stereocenters. The molecule has 13 nitrogen and oxygen atoms in total. The van der Waals surface area contributed by atoms with Crippen molar-refractivity contribution in [3.63, 3.8) is 0 Å². The maximum Gasteiger partial charge on any atom is 0.137 e. The van der Waals surface area contributed by atoms with E-state index >= 15 is 0 Å². The van der Waals surface area contributed by atoms with Crippen molar-refractivity contribution in [3.8, 4) is 0 Å². The molecule has 4 rings (SSSR count). The number of ether oxygens (including phenoxy) is 4. The van der Waals surface area contributed by atoms with Crippen LogP contribution in [0.25, 0.3) is 0 Å². The van der Waals surface area contributed by atoms with Crippen molar-refractivity contribution in [2.24, 2.45) is 35.3 Å². The number of hydrogen-bond acceptors (Lipinski definition) is 11. The molecule has 4 fully saturated rings. The summed E-state index contributed by atoms with van der Waals surface area (Å²) in [7, 11) is 3.23. The third-order valence-corrected chi connectivity index (χ3v) is 12.3. The van der Waals surface area contributed by atoms with Crippen molar-refractivity contribution < 1.29 is 59.9 Å². The topological polar surface area (TPSA) is 217 Å². The number of piperidine rings is 1. The fourth-order valence-electron chi connectivity index (χ4n) is 9.55. The van der Waals surface area contributed by atoms with Crippen molar-refractivity contribution >= 4 is 5.97 Å². The van der Waals surface area contributed by atoms with Gasteiger partial charge in [-0.05, 0) is 102 Å². The Balaban J connectivity index is 1.44. The van der Waals surface area contributed by atoms with Crippen molar-refractivity contribution in [3.05, 3.63) is 0 Å². The van der Waals surface area contributed by atoms with E-state index < -0.39 is 36.5 Å². The molecule has 0 aromatic rings. The molecule has 4 aliphatic rings. The molecule has 2 saturated heterocycles. The second-order valence-electron chi connectivity index (χ2n) is 15.6. The van der Waals surface area contributed by atoms with E-state index in [1.807, 2.05) is 6.92 Å². The average Bonchev–Trinajstić information content (AvgIpc) is 3.07. The summed E-state index contributed by atoms with van der Waals surface area (Å²) in [5.74, 6) is -0.798. The zero-order chi connectivity index (χ0) is 35.5. The Hall–Kier alpha value is -0.970. The van der Waals surface area contributed by atoms with Crippen molar-refractivity contribution in [1.29, 1.82) is 0 Å². The number of carboxylic acids is 1. The summed E-state index contributed by atoms with van der Waals surface area (Å²) in [5, 5.41) is 59.1. The highest BCUT2D eigenvalue weighted by Crippen LogP contribution is 2.42. The van der Waals surface area contributed by atoms with Crippen LogP contribution in [0.4, 0.5) is 0 Å². The van der Waals surface area contributed by atoms with Gasteiger partial charge in [0.2, 0.25) is 0 Å². The lowest BCUT2D eigenvalue weighted by atomic mass is 9.72. The number of methoxy groups -OCH3 is 2. The predicted octanol–water partition coefficient (Wildman–Crippen LogP) is -2.01. The van der Waals surface area contributed by atoms with E-state index in [-0.39, 0.29) is 67.9 Å². The van der Waals surface area contributed by atoms with Gasteiger partial charge in [-0.15, -0.1) is 0 Å². The summed E-state index contributed by atoms with van der Waals surface area (Å²) in [6.45, 7) is 3.95. The van der Waals surface area contributed by atoms with E-state index in [1.165, 1.54) is 0 Å². The molecule has 2 aliphatic heterocycles. The molecule has 2 aliphatic carbocycles. The SMILES string of the molecule is CC[NH2+][C@H](COC1CC([C@@H]2O[C@@H](CCC3CCC(O)C(OC)C3)C[C@H](O)[C@@H]2CCO)CC(OC)C1O)[C@H](CC(=O)[O-])CC1CC[NH2+]C(N)C1. The standard InChI is InChI=1S/C36H67N3O10/c1-4-38-27(23(18-34(43)44)13-22-9-11-39-33(37)15-22)20-48-32-17-24(16-31(47-3)35(32)45)36-26(10-12-40)29(42)19-25(49-36)7-5-21-6-8-28(41)30(14-21)46-2/h21-33,35-36,38-42,45H,4-20,37H2,1-3H3,(H,43,44)/p+1/t21?,22?,23-,24?,25-,26-,27+,28?,29-,30?,31?,32?,33?,35?,36-/m0/s1. The van der Waals surface area contributed by atoms with Gasteiger partial charge >= 0.3 is 0 Å². The first-order valence-electron chi connectivity index (χ1n) is 19.2. The third-order valence-electron chi connectivity index (χ3n) is 12.3. The lowest BCUT2D eigenvalue weighted by molar-refractivity contribution is -0.701. The molecule has 0 amide bonds. The summed E-state index contributed by atoms with van der Waals surface area (Å²) < 4.78 is 24.6. The van der Waals surface area contributed by atoms with Gasteiger partial charge in [0.1, 0.15) is 18.3 Å². The molecular weight excluding hydrogens is 634 g/mol. The maximum absolute atomic E-state index is 11.9. The summed E-state index contributed by atoms with van der Waals surface area (Å²) in [6, 6.07) is -0.128. The lowest BCUT2D eigenvalue weighted by Crippen LogP contribution is -2.94. The van der Waals surface area contributed by atoms with E-state index in [9.17, 15) is 30.3 Å². The van der Waals surface area contributed by atoms with Crippen molar-refractivity contribution in [2.45, 2.75) is 151 Å². The normalized spacial score (nSPS) is 40.1. The van der Waals surface area contributed by atoms with Crippen LogP contribution in [0.1, 0.15) is 90.4 Å². The van der Waals surface area contributed by atoms with Gasteiger partial charge in [-0.25, -0.2) is 0 Å². The monoisotopic (exact) mass is 702 g/mol. The second-order valence-corrected chi connectivity index (χ2v) is 15.6. The molecule has 0 bridgehead atoms. The quantitative estimate of drug-likeness (QED) is 0.0828. The van der Waals surface area contributed by atoms with E-state index in [0.29, 0.717) is 37.5 Å². The van der Waals surface area contributed by atoms with Crippen molar-refractivity contribution in [1.82, 2.24) is 0 Å². The Labute approximate surface area is 293 Å². The molecule has 13 heteroatoms. The number of carbonyl (C=O) groups is 1. The van der Waals surface area contributed by atoms with E-state index in [0.717, 1.165) is 64.5 Å². The zero-order valence-electron chi connectivity index (χ0n) is 30.2. The zero-order valence-corrected chi connectivity index (χ0v) is 30.2. The molecule has 0 aromatic heterocycles. The highest BCUT2D eigenvalue weighted by Gasteiger charge is 2.48. The molecule has 0 radical (unpaired) electrons. The Kier molecular flexibility index (Phi) is 16.9. The molecule has 0 aromatic carbocycles. The predicted molar refractivity (Wildman–Crippen MR) is 179 cm³/mol. The second kappa shape index (κ2) is 20.3. The fraction of sp³-hybridized carbons (Fsp3) is 0.972. The first-order valence-corrected chi connectivity index (χ1v) is 19.2. The van der Waals surface area contributed by atoms with Crippen LogP contribution < -0.4 is 21.5 Å². The number of aliphatic hydroxyl groups is 4. The number of aliphatic hydroxyl groups excluding tert-OH is 4. The summed E-state index contributed by atoms with van der Waals surface area (Å²) in [6.07, 6.45) is 5.10. The first kappa shape index (κ1) is 40.8. The van der Waals surface area contributed by atoms with Gasteiger partial charge in [-0.2, -0.15) is 0 Å². The minimum atomic E-state index is -1.07. The Morgan fingerprint density at radius 2 is 1.71 bits per heavy atom. The van der Waals surface area contributed by atoms with Crippen LogP contribution in [0.2, 0.25) is 0 Å². The highest BCUT2D eigenvalue weighted by molar-refractivity contribution is 5.64. The molecule has 286 valence electrons. The van der Waals surface area contributed by atoms with Gasteiger partial charge in [0.15, 0.2) is 0 Å². The number of rotatable bonds is 18. The average molecular weight is 703 g/mol. The minimum Gasteiger partial charge on any atom is -0.550 e. The molecule has 10 N–H and O–H groups in total. The summed E-state index contributed by atoms with van der Waals surface area (Å²) >= 11 is 0. The number of likely N-dealkylation sites (N-methyl/N-ethyl adjacent to an activating group) is 1. The molecule has 9 unspecified atom stereocenters. The molecule has 0 spiro atoms. The van der Waals surface area contributed by atoms with Gasteiger partial charge < -0.3 is 59.9 Å². The first-order chi connectivity index (χ1) is 23.6. The lowest BCUT2D eigenvalue weighted by Gasteiger charge is -2.48. The Morgan fingerprint density at radius 1 is 0.959 bits per heavy atom. The minimum absolute atomic E-state index is 0.0339. The van der Waals surface area contributed by atoms with Crippen molar-refractivity contribution in [2.75, 3.05) is 40.5 Å². The fourth-order valence-corrected chi connectivity index (χ4v) is 9.55. The number of nitrogens with two attached hydrogens (primary N) is 3. The van der Waals surface area contributed by atoms with Crippen LogP contribution in [0, 0.1) is 29.6 Å². The van der Waals surface area contributed by atoms with Gasteiger partial charge in [0.25, 0.3) is 0 Å². The summed E-state index contributed by atoms with van der Waals surface area (Å²) in [4.78, 5) is 11.9. The van der Waals surface area contributed by atoms with Crippen LogP contribution in [-0.2, 0) is 23.7 Å². The van der Waals surface area contributed by atoms with Gasteiger partial charge in [-0.3, -0.25) is 5.73 Å². The van der Waals surface area contributed by atoms with E-state index in [2.05, 4.69) is 10.6 Å². The molecule has 2 saturated carbocycles. The summed E-state index contributed by atoms with van der Waals surface area (Å²) in [5.41, 5.74) is 6.21. The van der Waals surface area contributed by atoms with Crippen LogP contribution in [0.15, 0.2) is 0 Å². The Bertz CT molecular complexity index is 966. The van der Waals surface area contributed by atoms with Crippen LogP contribution in [-0.4, -0.2) is 128 Å². The number of carbonyl (C=O) groups excluding carboxylic acids is 1. The number of aliphatic carboxylic acids is 1. The van der Waals surface area contributed by atoms with E-state index in [4.69, 9.17) is 24.7 Å². The Morgan fingerprint density at radius 3 is 2.39 bits per heavy atom. The highest BCUT2D eigenvalue weighted by atomic mass is 16.5. The van der Waals surface area contributed by atoms with Gasteiger partial charge in [0, 0.05) is 45.1 Å². The molecular formula is C36H68N3O10+. The largest absolute Gasteiger partial charge is 0.550 e. The van der Waals surface area contributed by atoms with E-state index in [1.54, 1.807) is 14.2 Å². The van der Waals surface area contributed by atoms with Crippen LogP contribution in [0.3, 0.4) is 0 Å². The number of quaternary nitrogens is 2. The molecule has 49 heavy (non-hydrogen) atoms.